The third-order valence-electron chi connectivity index (χ3n) is 2.96. The van der Waals surface area contributed by atoms with Crippen LogP contribution in [0.25, 0.3) is 0 Å². The fourth-order valence-electron chi connectivity index (χ4n) is 1.91. The van der Waals surface area contributed by atoms with Gasteiger partial charge in [0, 0.05) is 13.1 Å². The number of hydrogen-bond donors (Lipinski definition) is 1. The van der Waals surface area contributed by atoms with Crippen molar-refractivity contribution in [1.29, 1.82) is 0 Å². The van der Waals surface area contributed by atoms with Crippen molar-refractivity contribution in [2.75, 3.05) is 23.7 Å². The Balaban J connectivity index is 2.21. The molecule has 0 aliphatic carbocycles. The van der Waals surface area contributed by atoms with Gasteiger partial charge < -0.3 is 10.6 Å². The fourth-order valence-corrected chi connectivity index (χ4v) is 1.91. The second-order valence-electron chi connectivity index (χ2n) is 4.23. The Morgan fingerprint density at radius 3 is 2.68 bits per heavy atom. The fraction of sp³-hybridized carbons (Fsp3) is 0.385. The first-order valence-corrected chi connectivity index (χ1v) is 6.33. The van der Waals surface area contributed by atoms with Crippen LogP contribution in [-0.2, 0) is 6.54 Å². The molecule has 0 aliphatic rings. The topological polar surface area (TPSA) is 60.0 Å². The number of benzene rings is 1. The van der Waals surface area contributed by atoms with E-state index in [1.54, 1.807) is 10.7 Å². The Hall–Kier alpha value is -2.11. The molecule has 0 atom stereocenters. The first-order chi connectivity index (χ1) is 9.13. The Kier molecular flexibility index (Phi) is 3.99. The van der Waals surface area contributed by atoms with E-state index >= 15 is 0 Å². The zero-order valence-electron chi connectivity index (χ0n) is 11.2. The monoisotopic (exact) mass is 263 g/mol. The van der Waals surface area contributed by atoms with Gasteiger partial charge in [0.1, 0.15) is 5.82 Å². The van der Waals surface area contributed by atoms with Crippen molar-refractivity contribution in [3.05, 3.63) is 35.6 Å². The van der Waals surface area contributed by atoms with E-state index in [0.717, 1.165) is 18.7 Å². The third-order valence-corrected chi connectivity index (χ3v) is 2.96. The lowest BCUT2D eigenvalue weighted by Crippen LogP contribution is -2.23. The van der Waals surface area contributed by atoms with Crippen LogP contribution in [0.3, 0.4) is 0 Å². The van der Waals surface area contributed by atoms with Crippen molar-refractivity contribution < 1.29 is 4.39 Å². The van der Waals surface area contributed by atoms with Crippen molar-refractivity contribution in [2.45, 2.75) is 20.4 Å². The van der Waals surface area contributed by atoms with Crippen LogP contribution in [0.5, 0.6) is 0 Å². The van der Waals surface area contributed by atoms with Crippen molar-refractivity contribution in [2.24, 2.45) is 0 Å². The van der Waals surface area contributed by atoms with Gasteiger partial charge >= 0.3 is 0 Å². The SMILES string of the molecule is CCN(CC)c1nc(N)n(Cc2cccc(F)c2)n1. The standard InChI is InChI=1S/C13H18FN5/c1-3-18(4-2)13-16-12(15)19(17-13)9-10-6-5-7-11(14)8-10/h5-8H,3-4,9H2,1-2H3,(H2,15,16,17). The lowest BCUT2D eigenvalue weighted by molar-refractivity contribution is 0.619. The third kappa shape index (κ3) is 3.01. The van der Waals surface area contributed by atoms with Crippen LogP contribution < -0.4 is 10.6 Å². The summed E-state index contributed by atoms with van der Waals surface area (Å²) in [5.41, 5.74) is 6.65. The summed E-state index contributed by atoms with van der Waals surface area (Å²) in [5, 5.41) is 4.36. The van der Waals surface area contributed by atoms with E-state index in [1.807, 2.05) is 24.8 Å². The van der Waals surface area contributed by atoms with Gasteiger partial charge in [0.15, 0.2) is 0 Å². The molecule has 2 aromatic rings. The summed E-state index contributed by atoms with van der Waals surface area (Å²) in [6, 6.07) is 6.39. The quantitative estimate of drug-likeness (QED) is 0.895. The van der Waals surface area contributed by atoms with Gasteiger partial charge in [-0.05, 0) is 31.5 Å². The Morgan fingerprint density at radius 1 is 1.32 bits per heavy atom. The van der Waals surface area contributed by atoms with E-state index in [9.17, 15) is 4.39 Å². The number of aromatic nitrogens is 3. The van der Waals surface area contributed by atoms with E-state index in [0.29, 0.717) is 18.4 Å². The van der Waals surface area contributed by atoms with Crippen LogP contribution >= 0.6 is 0 Å². The largest absolute Gasteiger partial charge is 0.368 e. The van der Waals surface area contributed by atoms with Crippen LogP contribution in [0.1, 0.15) is 19.4 Å². The van der Waals surface area contributed by atoms with E-state index in [-0.39, 0.29) is 5.82 Å². The predicted octanol–water partition coefficient (Wildman–Crippen LogP) is 1.89. The molecular weight excluding hydrogens is 245 g/mol. The first-order valence-electron chi connectivity index (χ1n) is 6.33. The average Bonchev–Trinajstić information content (AvgIpc) is 2.72. The molecule has 2 N–H and O–H groups in total. The molecule has 0 radical (unpaired) electrons. The second-order valence-corrected chi connectivity index (χ2v) is 4.23. The molecule has 5 nitrogen and oxygen atoms in total. The summed E-state index contributed by atoms with van der Waals surface area (Å²) >= 11 is 0. The minimum absolute atomic E-state index is 0.264. The molecule has 1 aromatic carbocycles. The van der Waals surface area contributed by atoms with Gasteiger partial charge in [-0.15, -0.1) is 5.10 Å². The number of nitrogens with two attached hydrogens (primary N) is 1. The molecule has 1 heterocycles. The van der Waals surface area contributed by atoms with Crippen molar-refractivity contribution in [1.82, 2.24) is 14.8 Å². The van der Waals surface area contributed by atoms with Gasteiger partial charge in [-0.1, -0.05) is 12.1 Å². The molecule has 6 heteroatoms. The summed E-state index contributed by atoms with van der Waals surface area (Å²) in [6.45, 7) is 6.12. The van der Waals surface area contributed by atoms with E-state index in [4.69, 9.17) is 5.73 Å². The maximum Gasteiger partial charge on any atom is 0.246 e. The summed E-state index contributed by atoms with van der Waals surface area (Å²) < 4.78 is 14.7. The maximum absolute atomic E-state index is 13.1. The number of nitrogens with zero attached hydrogens (tertiary/aromatic N) is 4. The molecule has 1 aromatic heterocycles. The van der Waals surface area contributed by atoms with E-state index in [2.05, 4.69) is 10.1 Å². The molecule has 0 bridgehead atoms. The van der Waals surface area contributed by atoms with Crippen LogP contribution in [0.2, 0.25) is 0 Å². The van der Waals surface area contributed by atoms with Crippen LogP contribution in [-0.4, -0.2) is 27.9 Å². The van der Waals surface area contributed by atoms with Crippen LogP contribution in [0, 0.1) is 5.82 Å². The molecule has 102 valence electrons. The summed E-state index contributed by atoms with van der Waals surface area (Å²) in [5.74, 6) is 0.685. The zero-order chi connectivity index (χ0) is 13.8. The molecule has 0 amide bonds. The maximum atomic E-state index is 13.1. The minimum Gasteiger partial charge on any atom is -0.368 e. The van der Waals surface area contributed by atoms with Gasteiger partial charge in [0.05, 0.1) is 6.54 Å². The predicted molar refractivity (Wildman–Crippen MR) is 73.5 cm³/mol. The number of rotatable bonds is 5. The van der Waals surface area contributed by atoms with Crippen molar-refractivity contribution in [3.63, 3.8) is 0 Å². The molecule has 0 unspecified atom stereocenters. The summed E-state index contributed by atoms with van der Waals surface area (Å²) in [4.78, 5) is 6.25. The van der Waals surface area contributed by atoms with Gasteiger partial charge in [0.25, 0.3) is 0 Å². The van der Waals surface area contributed by atoms with Gasteiger partial charge in [-0.3, -0.25) is 0 Å². The van der Waals surface area contributed by atoms with Crippen LogP contribution in [0.4, 0.5) is 16.3 Å². The Bertz CT molecular complexity index is 548. The number of nitrogen functional groups attached to an aromatic ring is 1. The summed E-state index contributed by atoms with van der Waals surface area (Å²) in [6.07, 6.45) is 0. The number of hydrogen-bond acceptors (Lipinski definition) is 4. The highest BCUT2D eigenvalue weighted by Crippen LogP contribution is 2.13. The van der Waals surface area contributed by atoms with Crippen molar-refractivity contribution >= 4 is 11.9 Å². The molecule has 0 fully saturated rings. The summed E-state index contributed by atoms with van der Waals surface area (Å²) in [7, 11) is 0. The Morgan fingerprint density at radius 2 is 2.05 bits per heavy atom. The second kappa shape index (κ2) is 5.69. The van der Waals surface area contributed by atoms with Gasteiger partial charge in [-0.2, -0.15) is 4.98 Å². The highest BCUT2D eigenvalue weighted by molar-refractivity contribution is 5.35. The highest BCUT2D eigenvalue weighted by atomic mass is 19.1. The zero-order valence-corrected chi connectivity index (χ0v) is 11.2. The minimum atomic E-state index is -0.264. The van der Waals surface area contributed by atoms with Crippen molar-refractivity contribution in [3.8, 4) is 0 Å². The highest BCUT2D eigenvalue weighted by Gasteiger charge is 2.12. The molecule has 0 saturated heterocycles. The Labute approximate surface area is 111 Å². The van der Waals surface area contributed by atoms with Gasteiger partial charge in [0.2, 0.25) is 11.9 Å². The number of halogens is 1. The van der Waals surface area contributed by atoms with Crippen LogP contribution in [0.15, 0.2) is 24.3 Å². The van der Waals surface area contributed by atoms with E-state index < -0.39 is 0 Å². The lowest BCUT2D eigenvalue weighted by Gasteiger charge is -2.15. The molecule has 0 spiro atoms. The normalized spacial score (nSPS) is 10.7. The smallest absolute Gasteiger partial charge is 0.246 e. The molecule has 0 saturated carbocycles. The lowest BCUT2D eigenvalue weighted by atomic mass is 10.2. The molecule has 19 heavy (non-hydrogen) atoms. The van der Waals surface area contributed by atoms with E-state index in [1.165, 1.54) is 12.1 Å². The first kappa shape index (κ1) is 13.3. The molecule has 2 rings (SSSR count). The average molecular weight is 263 g/mol. The van der Waals surface area contributed by atoms with Gasteiger partial charge in [-0.25, -0.2) is 9.07 Å². The molecule has 0 aliphatic heterocycles. The number of anilines is 2. The molecular formula is C13H18FN5.